The highest BCUT2D eigenvalue weighted by Crippen LogP contribution is 2.55. The van der Waals surface area contributed by atoms with E-state index < -0.39 is 6.49 Å². The van der Waals surface area contributed by atoms with Crippen molar-refractivity contribution in [2.24, 2.45) is 0 Å². The van der Waals surface area contributed by atoms with Crippen LogP contribution in [0.1, 0.15) is 60.3 Å². The molecule has 0 saturated carbocycles. The van der Waals surface area contributed by atoms with E-state index in [1.54, 1.807) is 0 Å². The molecule has 0 bridgehead atoms. The summed E-state index contributed by atoms with van der Waals surface area (Å²) in [6.45, 7) is 9.17. The van der Waals surface area contributed by atoms with Crippen molar-refractivity contribution in [2.45, 2.75) is 71.5 Å². The van der Waals surface area contributed by atoms with E-state index >= 15 is 0 Å². The van der Waals surface area contributed by atoms with Crippen molar-refractivity contribution in [1.82, 2.24) is 5.32 Å². The molecule has 110 valence electrons. The fourth-order valence-electron chi connectivity index (χ4n) is 1.35. The Morgan fingerprint density at radius 1 is 1.17 bits per heavy atom. The Balaban J connectivity index is 3.49. The highest BCUT2D eigenvalue weighted by Gasteiger charge is 2.30. The Morgan fingerprint density at radius 2 is 1.72 bits per heavy atom. The van der Waals surface area contributed by atoms with Crippen molar-refractivity contribution in [3.63, 3.8) is 0 Å². The molecule has 0 aliphatic carbocycles. The normalized spacial score (nSPS) is 15.9. The second-order valence-corrected chi connectivity index (χ2v) is 10.2. The lowest BCUT2D eigenvalue weighted by molar-refractivity contribution is 0.282. The first-order valence-corrected chi connectivity index (χ1v) is 9.55. The van der Waals surface area contributed by atoms with Crippen LogP contribution in [-0.4, -0.2) is 29.2 Å². The van der Waals surface area contributed by atoms with Gasteiger partial charge < -0.3 is 14.7 Å². The van der Waals surface area contributed by atoms with Gasteiger partial charge in [-0.15, -0.1) is 0 Å². The van der Waals surface area contributed by atoms with E-state index in [0.29, 0.717) is 12.6 Å². The highest BCUT2D eigenvalue weighted by molar-refractivity contribution is 8.10. The van der Waals surface area contributed by atoms with E-state index in [9.17, 15) is 4.89 Å². The van der Waals surface area contributed by atoms with Gasteiger partial charge in [-0.25, -0.2) is 0 Å². The summed E-state index contributed by atoms with van der Waals surface area (Å²) in [7, 11) is 0. The molecule has 0 amide bonds. The Bertz CT molecular complexity index is 264. The molecule has 0 aromatic carbocycles. The van der Waals surface area contributed by atoms with Gasteiger partial charge in [-0.3, -0.25) is 0 Å². The van der Waals surface area contributed by atoms with Crippen LogP contribution in [0.15, 0.2) is 0 Å². The minimum Gasteiger partial charge on any atom is -0.345 e. The molecule has 0 aliphatic rings. The van der Waals surface area contributed by atoms with Crippen LogP contribution in [0.4, 0.5) is 0 Å². The molecular weight excluding hydrogens is 265 g/mol. The van der Waals surface area contributed by atoms with Gasteiger partial charge in [0.05, 0.1) is 6.61 Å². The van der Waals surface area contributed by atoms with Crippen LogP contribution in [-0.2, 0) is 16.3 Å². The summed E-state index contributed by atoms with van der Waals surface area (Å²) in [5.74, 6) is 0. The van der Waals surface area contributed by atoms with Gasteiger partial charge in [0.25, 0.3) is 0 Å². The fourth-order valence-corrected chi connectivity index (χ4v) is 2.34. The maximum Gasteiger partial charge on any atom is 0.191 e. The zero-order valence-corrected chi connectivity index (χ0v) is 14.2. The summed E-state index contributed by atoms with van der Waals surface area (Å²) in [6.07, 6.45) is 4.52. The maximum atomic E-state index is 10.0. The molecule has 0 rings (SSSR count). The molecule has 0 fully saturated rings. The minimum atomic E-state index is -2.63. The molecule has 0 spiro atoms. The van der Waals surface area contributed by atoms with Gasteiger partial charge in [0.15, 0.2) is 6.49 Å². The summed E-state index contributed by atoms with van der Waals surface area (Å²) < 4.78 is 5.50. The minimum absolute atomic E-state index is 0.316. The van der Waals surface area contributed by atoms with Crippen LogP contribution in [0, 0.1) is 0 Å². The third-order valence-electron chi connectivity index (χ3n) is 2.74. The zero-order valence-electron chi connectivity index (χ0n) is 12.5. The molecule has 0 radical (unpaired) electrons. The fraction of sp³-hybridized carbons (Fsp3) is 1.00. The van der Waals surface area contributed by atoms with Gasteiger partial charge in [0, 0.05) is 11.2 Å². The molecule has 3 nitrogen and oxygen atoms in total. The molecule has 5 heteroatoms. The first-order chi connectivity index (χ1) is 8.17. The van der Waals surface area contributed by atoms with Crippen LogP contribution in [0.5, 0.6) is 0 Å². The lowest BCUT2D eigenvalue weighted by Gasteiger charge is -2.29. The zero-order chi connectivity index (χ0) is 14.2. The molecule has 0 aromatic heterocycles. The van der Waals surface area contributed by atoms with E-state index in [4.69, 9.17) is 16.3 Å². The second kappa shape index (κ2) is 8.65. The van der Waals surface area contributed by atoms with E-state index in [-0.39, 0.29) is 5.16 Å². The van der Waals surface area contributed by atoms with Crippen molar-refractivity contribution >= 4 is 18.3 Å². The molecule has 0 saturated heterocycles. The number of hydrogen-bond donors (Lipinski definition) is 2. The van der Waals surface area contributed by atoms with E-state index in [2.05, 4.69) is 19.2 Å². The number of rotatable bonds is 9. The quantitative estimate of drug-likeness (QED) is 0.503. The molecule has 1 unspecified atom stereocenters. The topological polar surface area (TPSA) is 41.5 Å². The smallest absolute Gasteiger partial charge is 0.191 e. The van der Waals surface area contributed by atoms with Crippen molar-refractivity contribution in [3.05, 3.63) is 0 Å². The van der Waals surface area contributed by atoms with Crippen molar-refractivity contribution < 1.29 is 9.42 Å². The third kappa shape index (κ3) is 8.60. The van der Waals surface area contributed by atoms with Crippen LogP contribution in [0.2, 0.25) is 0 Å². The van der Waals surface area contributed by atoms with Crippen molar-refractivity contribution in [1.29, 1.82) is 0 Å². The first kappa shape index (κ1) is 18.5. The molecule has 0 aliphatic heterocycles. The summed E-state index contributed by atoms with van der Waals surface area (Å²) in [6, 6.07) is 0.570. The van der Waals surface area contributed by atoms with Gasteiger partial charge in [-0.05, 0) is 31.2 Å². The monoisotopic (exact) mass is 295 g/mol. The van der Waals surface area contributed by atoms with Crippen molar-refractivity contribution in [2.75, 3.05) is 13.2 Å². The summed E-state index contributed by atoms with van der Waals surface area (Å²) >= 11 is 5.16. The van der Waals surface area contributed by atoms with Gasteiger partial charge in [-0.2, -0.15) is 0 Å². The van der Waals surface area contributed by atoms with E-state index in [1.165, 1.54) is 12.8 Å². The summed E-state index contributed by atoms with van der Waals surface area (Å²) in [5, 5.41) is 3.08. The maximum absolute atomic E-state index is 10.0. The lowest BCUT2D eigenvalue weighted by Crippen LogP contribution is -2.23. The number of hydrogen-bond acceptors (Lipinski definition) is 3. The average Bonchev–Trinajstić information content (AvgIpc) is 2.19. The number of nitrogens with one attached hydrogen (secondary N) is 1. The molecule has 2 N–H and O–H groups in total. The van der Waals surface area contributed by atoms with Gasteiger partial charge in [0.2, 0.25) is 0 Å². The SMILES string of the molecule is CC(C)NCCCCCCOP(O)(=S)C(C)(C)C. The standard InChI is InChI=1S/C13H30NO2PS/c1-12(2)14-10-8-6-7-9-11-16-17(15,18)13(3,4)5/h12,14H,6-11H2,1-5H3,(H,15,18). The second-order valence-electron chi connectivity index (χ2n) is 6.05. The third-order valence-corrected chi connectivity index (χ3v) is 6.93. The van der Waals surface area contributed by atoms with Crippen molar-refractivity contribution in [3.8, 4) is 0 Å². The predicted octanol–water partition coefficient (Wildman–Crippen LogP) is 3.66. The Kier molecular flexibility index (Phi) is 8.91. The van der Waals surface area contributed by atoms with Crippen LogP contribution in [0.25, 0.3) is 0 Å². The molecule has 0 aromatic rings. The molecule has 0 heterocycles. The Morgan fingerprint density at radius 3 is 2.22 bits per heavy atom. The van der Waals surface area contributed by atoms with Crippen LogP contribution in [0.3, 0.4) is 0 Å². The predicted molar refractivity (Wildman–Crippen MR) is 83.8 cm³/mol. The first-order valence-electron chi connectivity index (χ1n) is 6.87. The molecule has 1 atom stereocenters. The van der Waals surface area contributed by atoms with Gasteiger partial charge in [-0.1, -0.05) is 47.5 Å². The van der Waals surface area contributed by atoms with Crippen LogP contribution < -0.4 is 5.32 Å². The average molecular weight is 295 g/mol. The Labute approximate surface area is 118 Å². The lowest BCUT2D eigenvalue weighted by atomic mass is 10.2. The van der Waals surface area contributed by atoms with E-state index in [0.717, 1.165) is 19.4 Å². The largest absolute Gasteiger partial charge is 0.345 e. The Hall–Kier alpha value is 0.530. The van der Waals surface area contributed by atoms with Gasteiger partial charge >= 0.3 is 0 Å². The highest BCUT2D eigenvalue weighted by atomic mass is 32.5. The van der Waals surface area contributed by atoms with Gasteiger partial charge in [0.1, 0.15) is 0 Å². The molecule has 18 heavy (non-hydrogen) atoms. The van der Waals surface area contributed by atoms with Crippen LogP contribution >= 0.6 is 6.49 Å². The summed E-state index contributed by atoms with van der Waals surface area (Å²) in [4.78, 5) is 10.0. The summed E-state index contributed by atoms with van der Waals surface area (Å²) in [5.41, 5.74) is 0. The number of unbranched alkanes of at least 4 members (excludes halogenated alkanes) is 3. The van der Waals surface area contributed by atoms with E-state index in [1.807, 2.05) is 20.8 Å². The molecular formula is C13H30NO2PS.